The number of ether oxygens (including phenoxy) is 1. The molecule has 5 rings (SSSR count). The summed E-state index contributed by atoms with van der Waals surface area (Å²) in [6.07, 6.45) is 10.9. The molecule has 0 aromatic heterocycles. The van der Waals surface area contributed by atoms with Gasteiger partial charge in [0, 0.05) is 11.6 Å². The third-order valence-electron chi connectivity index (χ3n) is 5.18. The van der Waals surface area contributed by atoms with Crippen LogP contribution in [0.3, 0.4) is 0 Å². The van der Waals surface area contributed by atoms with Crippen LogP contribution in [0.15, 0.2) is 4.99 Å². The summed E-state index contributed by atoms with van der Waals surface area (Å²) in [7, 11) is 0. The van der Waals surface area contributed by atoms with Crippen LogP contribution in [0.2, 0.25) is 0 Å². The molecule has 5 aliphatic rings. The molecule has 15 heavy (non-hydrogen) atoms. The van der Waals surface area contributed by atoms with E-state index in [-0.39, 0.29) is 6.23 Å². The second-order valence-electron chi connectivity index (χ2n) is 6.30. The fraction of sp³-hybridized carbons (Fsp3) is 0.923. The zero-order valence-electron chi connectivity index (χ0n) is 9.19. The van der Waals surface area contributed by atoms with E-state index in [0.717, 1.165) is 24.4 Å². The minimum Gasteiger partial charge on any atom is -0.350 e. The Labute approximate surface area is 91.1 Å². The van der Waals surface area contributed by atoms with Crippen molar-refractivity contribution in [3.63, 3.8) is 0 Å². The molecule has 0 saturated heterocycles. The number of aliphatic imine (C=N–C) groups is 1. The highest BCUT2D eigenvalue weighted by molar-refractivity contribution is 5.60. The van der Waals surface area contributed by atoms with Crippen LogP contribution in [0.1, 0.15) is 38.5 Å². The molecule has 1 atom stereocenters. The number of hydrogen-bond donors (Lipinski definition) is 0. The maximum Gasteiger partial charge on any atom is 0.154 e. The van der Waals surface area contributed by atoms with E-state index in [9.17, 15) is 0 Å². The predicted octanol–water partition coefficient (Wildman–Crippen LogP) is 2.63. The fourth-order valence-corrected chi connectivity index (χ4v) is 5.13. The number of nitrogens with zero attached hydrogens (tertiary/aromatic N) is 1. The molecule has 0 aromatic rings. The first-order valence-corrected chi connectivity index (χ1v) is 6.47. The molecular formula is C13H19NO. The monoisotopic (exact) mass is 205 g/mol. The van der Waals surface area contributed by atoms with Gasteiger partial charge in [-0.05, 0) is 56.3 Å². The summed E-state index contributed by atoms with van der Waals surface area (Å²) in [5, 5.41) is 0. The smallest absolute Gasteiger partial charge is 0.154 e. The lowest BCUT2D eigenvalue weighted by Gasteiger charge is -2.57. The highest BCUT2D eigenvalue weighted by Gasteiger charge is 2.55. The van der Waals surface area contributed by atoms with Crippen LogP contribution < -0.4 is 0 Å². The average Bonchev–Trinajstić information content (AvgIpc) is 2.67. The van der Waals surface area contributed by atoms with E-state index in [1.165, 1.54) is 38.5 Å². The Morgan fingerprint density at radius 3 is 2.07 bits per heavy atom. The third kappa shape index (κ3) is 1.17. The molecule has 1 unspecified atom stereocenters. The quantitative estimate of drug-likeness (QED) is 0.645. The summed E-state index contributed by atoms with van der Waals surface area (Å²) in [5.41, 5.74) is 0.460. The van der Waals surface area contributed by atoms with Gasteiger partial charge in [-0.2, -0.15) is 0 Å². The van der Waals surface area contributed by atoms with Crippen LogP contribution in [0.25, 0.3) is 0 Å². The molecule has 0 aromatic carbocycles. The van der Waals surface area contributed by atoms with Crippen LogP contribution >= 0.6 is 0 Å². The molecule has 2 heteroatoms. The molecule has 1 heterocycles. The predicted molar refractivity (Wildman–Crippen MR) is 58.8 cm³/mol. The van der Waals surface area contributed by atoms with E-state index in [4.69, 9.17) is 4.74 Å². The van der Waals surface area contributed by atoms with E-state index in [0.29, 0.717) is 5.41 Å². The van der Waals surface area contributed by atoms with E-state index in [2.05, 4.69) is 4.99 Å². The lowest BCUT2D eigenvalue weighted by atomic mass is 9.49. The minimum absolute atomic E-state index is 0.228. The molecule has 4 fully saturated rings. The zero-order chi connectivity index (χ0) is 9.88. The average molecular weight is 205 g/mol. The molecule has 0 N–H and O–H groups in total. The summed E-state index contributed by atoms with van der Waals surface area (Å²) in [5.74, 6) is 3.03. The fourth-order valence-electron chi connectivity index (χ4n) is 5.13. The van der Waals surface area contributed by atoms with Gasteiger partial charge >= 0.3 is 0 Å². The lowest BCUT2D eigenvalue weighted by molar-refractivity contribution is -0.126. The van der Waals surface area contributed by atoms with Crippen LogP contribution in [0.4, 0.5) is 0 Å². The second-order valence-corrected chi connectivity index (χ2v) is 6.30. The maximum absolute atomic E-state index is 5.82. The molecule has 0 radical (unpaired) electrons. The molecule has 4 saturated carbocycles. The van der Waals surface area contributed by atoms with Crippen LogP contribution in [0.5, 0.6) is 0 Å². The Morgan fingerprint density at radius 1 is 1.00 bits per heavy atom. The van der Waals surface area contributed by atoms with Gasteiger partial charge in [0.25, 0.3) is 0 Å². The highest BCUT2D eigenvalue weighted by Crippen LogP contribution is 2.62. The largest absolute Gasteiger partial charge is 0.350 e. The van der Waals surface area contributed by atoms with E-state index < -0.39 is 0 Å². The first kappa shape index (κ1) is 8.74. The van der Waals surface area contributed by atoms with Crippen molar-refractivity contribution in [1.82, 2.24) is 0 Å². The van der Waals surface area contributed by atoms with Crippen LogP contribution in [0, 0.1) is 23.2 Å². The van der Waals surface area contributed by atoms with Gasteiger partial charge in [-0.15, -0.1) is 0 Å². The first-order valence-electron chi connectivity index (χ1n) is 6.47. The minimum atomic E-state index is 0.228. The van der Waals surface area contributed by atoms with Crippen LogP contribution in [-0.4, -0.2) is 19.0 Å². The summed E-state index contributed by atoms with van der Waals surface area (Å²) in [4.78, 5) is 4.58. The van der Waals surface area contributed by atoms with Crippen molar-refractivity contribution in [3.05, 3.63) is 0 Å². The topological polar surface area (TPSA) is 21.6 Å². The third-order valence-corrected chi connectivity index (χ3v) is 5.18. The van der Waals surface area contributed by atoms with E-state index in [1.54, 1.807) is 0 Å². The van der Waals surface area contributed by atoms with Crippen molar-refractivity contribution < 1.29 is 4.74 Å². The standard InChI is InChI=1S/C13H19NO/c1-2-15-12(14-1)13-6-9-3-10(7-13)5-11(4-9)8-13/h1,9-12H,2-8H2. The molecule has 82 valence electrons. The van der Waals surface area contributed by atoms with E-state index >= 15 is 0 Å². The lowest BCUT2D eigenvalue weighted by Crippen LogP contribution is -2.51. The Hall–Kier alpha value is -0.370. The second kappa shape index (κ2) is 2.85. The van der Waals surface area contributed by atoms with Gasteiger partial charge in [-0.25, -0.2) is 0 Å². The van der Waals surface area contributed by atoms with Gasteiger partial charge < -0.3 is 4.74 Å². The van der Waals surface area contributed by atoms with Crippen molar-refractivity contribution >= 4 is 6.21 Å². The zero-order valence-corrected chi connectivity index (χ0v) is 9.19. The molecule has 1 aliphatic heterocycles. The number of rotatable bonds is 1. The van der Waals surface area contributed by atoms with Crippen LogP contribution in [-0.2, 0) is 4.74 Å². The molecule has 4 bridgehead atoms. The van der Waals surface area contributed by atoms with Crippen molar-refractivity contribution in [3.8, 4) is 0 Å². The van der Waals surface area contributed by atoms with Crippen molar-refractivity contribution in [2.45, 2.75) is 44.8 Å². The Morgan fingerprint density at radius 2 is 1.60 bits per heavy atom. The molecule has 0 spiro atoms. The summed E-state index contributed by atoms with van der Waals surface area (Å²) in [6, 6.07) is 0. The summed E-state index contributed by atoms with van der Waals surface area (Å²) >= 11 is 0. The van der Waals surface area contributed by atoms with Gasteiger partial charge in [0.2, 0.25) is 0 Å². The SMILES string of the molecule is C1=NC(C23CC4CC(CC(C4)C2)C3)OC1. The highest BCUT2D eigenvalue weighted by atomic mass is 16.5. The Balaban J connectivity index is 1.68. The van der Waals surface area contributed by atoms with Crippen molar-refractivity contribution in [1.29, 1.82) is 0 Å². The van der Waals surface area contributed by atoms with E-state index in [1.807, 2.05) is 6.21 Å². The summed E-state index contributed by atoms with van der Waals surface area (Å²) in [6.45, 7) is 0.756. The Bertz CT molecular complexity index is 274. The van der Waals surface area contributed by atoms with Crippen molar-refractivity contribution in [2.24, 2.45) is 28.2 Å². The molecule has 2 nitrogen and oxygen atoms in total. The van der Waals surface area contributed by atoms with Gasteiger partial charge in [-0.1, -0.05) is 0 Å². The molecule has 0 amide bonds. The van der Waals surface area contributed by atoms with Gasteiger partial charge in [0.05, 0.1) is 6.61 Å². The molecular weight excluding hydrogens is 186 g/mol. The Kier molecular flexibility index (Phi) is 1.66. The maximum atomic E-state index is 5.82. The van der Waals surface area contributed by atoms with Crippen molar-refractivity contribution in [2.75, 3.05) is 6.61 Å². The normalized spacial score (nSPS) is 56.5. The van der Waals surface area contributed by atoms with Gasteiger partial charge in [0.15, 0.2) is 6.23 Å². The molecule has 4 aliphatic carbocycles. The number of hydrogen-bond acceptors (Lipinski definition) is 2. The first-order chi connectivity index (χ1) is 7.34. The van der Waals surface area contributed by atoms with Gasteiger partial charge in [0.1, 0.15) is 0 Å². The summed E-state index contributed by atoms with van der Waals surface area (Å²) < 4.78 is 5.82. The van der Waals surface area contributed by atoms with Gasteiger partial charge in [-0.3, -0.25) is 4.99 Å².